The van der Waals surface area contributed by atoms with Gasteiger partial charge in [0.25, 0.3) is 5.91 Å². The minimum absolute atomic E-state index is 0.287. The molecule has 0 saturated carbocycles. The molecule has 1 heterocycles. The van der Waals surface area contributed by atoms with E-state index >= 15 is 0 Å². The highest BCUT2D eigenvalue weighted by Crippen LogP contribution is 2.35. The molecule has 0 aromatic heterocycles. The second-order valence-electron chi connectivity index (χ2n) is 10.1. The zero-order valence-corrected chi connectivity index (χ0v) is 24.9. The molecule has 3 aromatic carbocycles. The van der Waals surface area contributed by atoms with Crippen LogP contribution in [0.2, 0.25) is 0 Å². The number of halogens is 3. The summed E-state index contributed by atoms with van der Waals surface area (Å²) in [5.74, 6) is -8.46. The average Bonchev–Trinajstić information content (AvgIpc) is 3.24. The molecule has 17 heteroatoms. The summed E-state index contributed by atoms with van der Waals surface area (Å²) in [5.41, 5.74) is -1.78. The number of aromatic hydroxyl groups is 3. The number of nitrogens with one attached hydrogen (secondary N) is 2. The van der Waals surface area contributed by atoms with E-state index in [1.165, 1.54) is 13.2 Å². The number of carboxylic acids is 2. The van der Waals surface area contributed by atoms with Crippen LogP contribution in [-0.4, -0.2) is 93.7 Å². The van der Waals surface area contributed by atoms with Gasteiger partial charge in [0.15, 0.2) is 0 Å². The molecule has 0 unspecified atom stereocenters. The van der Waals surface area contributed by atoms with Crippen LogP contribution in [0.4, 0.5) is 13.2 Å². The summed E-state index contributed by atoms with van der Waals surface area (Å²) >= 11 is 0. The van der Waals surface area contributed by atoms with Gasteiger partial charge in [0.1, 0.15) is 34.7 Å². The second kappa shape index (κ2) is 15.6. The number of rotatable bonds is 8. The fourth-order valence-corrected chi connectivity index (χ4v) is 4.55. The molecule has 1 amide bonds. The van der Waals surface area contributed by atoms with Gasteiger partial charge >= 0.3 is 24.1 Å². The molecule has 2 atom stereocenters. The molecule has 4 rings (SSSR count). The quantitative estimate of drug-likeness (QED) is 0.134. The Kier molecular flexibility index (Phi) is 11.9. The SMILES string of the molecule is COc1ccc(C(=O)N[C@H]2CNCCC[C@@H]2OC(=O)c2cc(O)c(C(=O)c3c(O)cccc3C(=O)O)c(O)c2)cc1.O=C(O)C(F)(F)F. The van der Waals surface area contributed by atoms with Crippen LogP contribution in [0, 0.1) is 0 Å². The maximum Gasteiger partial charge on any atom is 0.490 e. The summed E-state index contributed by atoms with van der Waals surface area (Å²) in [6, 6.07) is 11.1. The lowest BCUT2D eigenvalue weighted by atomic mass is 9.95. The number of alkyl halides is 3. The van der Waals surface area contributed by atoms with E-state index in [0.717, 1.165) is 24.3 Å². The zero-order valence-electron chi connectivity index (χ0n) is 24.9. The molecule has 0 aliphatic carbocycles. The number of amides is 1. The van der Waals surface area contributed by atoms with Gasteiger partial charge in [0.2, 0.25) is 5.78 Å². The number of methoxy groups -OCH3 is 1. The van der Waals surface area contributed by atoms with E-state index in [-0.39, 0.29) is 11.5 Å². The van der Waals surface area contributed by atoms with Crippen LogP contribution in [0.15, 0.2) is 54.6 Å². The zero-order chi connectivity index (χ0) is 35.8. The number of phenolic OH excluding ortho intramolecular Hbond substituents is 3. The highest BCUT2D eigenvalue weighted by atomic mass is 19.4. The van der Waals surface area contributed by atoms with Crippen molar-refractivity contribution in [3.63, 3.8) is 0 Å². The highest BCUT2D eigenvalue weighted by Gasteiger charge is 2.38. The minimum Gasteiger partial charge on any atom is -0.507 e. The third kappa shape index (κ3) is 9.12. The normalized spacial score (nSPS) is 15.9. The molecule has 1 saturated heterocycles. The summed E-state index contributed by atoms with van der Waals surface area (Å²) in [6.07, 6.45) is -4.79. The number of ether oxygens (including phenoxy) is 2. The Bertz CT molecular complexity index is 1670. The van der Waals surface area contributed by atoms with Crippen LogP contribution >= 0.6 is 0 Å². The van der Waals surface area contributed by atoms with Gasteiger partial charge in [-0.15, -0.1) is 0 Å². The van der Waals surface area contributed by atoms with Gasteiger partial charge in [0.05, 0.1) is 29.8 Å². The first kappa shape index (κ1) is 36.6. The summed E-state index contributed by atoms with van der Waals surface area (Å²) in [4.78, 5) is 59.4. The van der Waals surface area contributed by atoms with Crippen molar-refractivity contribution in [1.82, 2.24) is 10.6 Å². The van der Waals surface area contributed by atoms with E-state index in [2.05, 4.69) is 10.6 Å². The minimum atomic E-state index is -5.08. The van der Waals surface area contributed by atoms with Crippen LogP contribution < -0.4 is 15.4 Å². The van der Waals surface area contributed by atoms with E-state index in [4.69, 9.17) is 19.4 Å². The molecule has 7 N–H and O–H groups in total. The van der Waals surface area contributed by atoms with Crippen LogP contribution in [0.25, 0.3) is 0 Å². The number of phenols is 3. The Hall–Kier alpha value is -5.84. The topological polar surface area (TPSA) is 229 Å². The number of hydrogen-bond donors (Lipinski definition) is 7. The molecule has 1 aliphatic heterocycles. The van der Waals surface area contributed by atoms with Crippen LogP contribution in [0.5, 0.6) is 23.0 Å². The van der Waals surface area contributed by atoms with Crippen molar-refractivity contribution in [2.75, 3.05) is 20.2 Å². The van der Waals surface area contributed by atoms with Crippen molar-refractivity contribution >= 4 is 29.6 Å². The maximum absolute atomic E-state index is 13.1. The van der Waals surface area contributed by atoms with Crippen molar-refractivity contribution in [2.45, 2.75) is 31.2 Å². The van der Waals surface area contributed by atoms with Crippen molar-refractivity contribution in [3.05, 3.63) is 82.4 Å². The number of benzene rings is 3. The molecule has 0 bridgehead atoms. The smallest absolute Gasteiger partial charge is 0.490 e. The van der Waals surface area contributed by atoms with Crippen molar-refractivity contribution in [1.29, 1.82) is 0 Å². The fraction of sp³-hybridized carbons (Fsp3) is 0.258. The highest BCUT2D eigenvalue weighted by molar-refractivity contribution is 6.18. The average molecular weight is 679 g/mol. The number of carbonyl (C=O) groups is 5. The Morgan fingerprint density at radius 3 is 2.02 bits per heavy atom. The van der Waals surface area contributed by atoms with Gasteiger partial charge in [-0.2, -0.15) is 13.2 Å². The fourth-order valence-electron chi connectivity index (χ4n) is 4.55. The van der Waals surface area contributed by atoms with E-state index < -0.39 is 76.0 Å². The van der Waals surface area contributed by atoms with Crippen LogP contribution in [0.3, 0.4) is 0 Å². The van der Waals surface area contributed by atoms with Gasteiger partial charge < -0.3 is 45.6 Å². The van der Waals surface area contributed by atoms with Gasteiger partial charge in [0, 0.05) is 12.1 Å². The molecule has 1 fully saturated rings. The molecule has 0 spiro atoms. The Labute approximate surface area is 269 Å². The Morgan fingerprint density at radius 2 is 1.48 bits per heavy atom. The number of esters is 1. The van der Waals surface area contributed by atoms with Gasteiger partial charge in [-0.25, -0.2) is 14.4 Å². The summed E-state index contributed by atoms with van der Waals surface area (Å²) in [7, 11) is 1.51. The summed E-state index contributed by atoms with van der Waals surface area (Å²) in [5, 5.41) is 53.8. The number of aromatic carboxylic acids is 1. The van der Waals surface area contributed by atoms with Crippen molar-refractivity contribution in [3.8, 4) is 23.0 Å². The standard InChI is InChI=1S/C29H28N2O10.C2HF3O2/c1-40-17-9-7-15(8-10-17)27(36)31-19-14-30-11-3-6-23(19)41-29(39)16-12-21(33)25(22(34)13-16)26(35)24-18(28(37)38)4-2-5-20(24)32;3-2(4,5)1(6)7/h2,4-5,7-10,12-13,19,23,30,32-34H,3,6,11,14H2,1H3,(H,31,36)(H,37,38);(H,6,7)/t19-,23-;/m0./s1. The number of aliphatic carboxylic acids is 1. The van der Waals surface area contributed by atoms with Gasteiger partial charge in [-0.1, -0.05) is 6.07 Å². The molecule has 48 heavy (non-hydrogen) atoms. The van der Waals surface area contributed by atoms with Crippen LogP contribution in [-0.2, 0) is 9.53 Å². The summed E-state index contributed by atoms with van der Waals surface area (Å²) < 4.78 is 42.5. The van der Waals surface area contributed by atoms with E-state index in [1.807, 2.05) is 0 Å². The first-order chi connectivity index (χ1) is 22.5. The monoisotopic (exact) mass is 678 g/mol. The number of ketones is 1. The maximum atomic E-state index is 13.1. The lowest BCUT2D eigenvalue weighted by Crippen LogP contribution is -2.49. The van der Waals surface area contributed by atoms with Crippen molar-refractivity contribution in [2.24, 2.45) is 0 Å². The van der Waals surface area contributed by atoms with Gasteiger partial charge in [-0.05, 0) is 67.9 Å². The first-order valence-electron chi connectivity index (χ1n) is 13.9. The molecule has 1 aliphatic rings. The lowest BCUT2D eigenvalue weighted by Gasteiger charge is -2.26. The second-order valence-corrected chi connectivity index (χ2v) is 10.1. The number of carbonyl (C=O) groups excluding carboxylic acids is 3. The molecule has 14 nitrogen and oxygen atoms in total. The van der Waals surface area contributed by atoms with E-state index in [1.54, 1.807) is 24.3 Å². The number of carboxylic acid groups (broad SMARTS) is 2. The predicted molar refractivity (Wildman–Crippen MR) is 158 cm³/mol. The van der Waals surface area contributed by atoms with Gasteiger partial charge in [-0.3, -0.25) is 9.59 Å². The first-order valence-corrected chi connectivity index (χ1v) is 13.9. The van der Waals surface area contributed by atoms with Crippen LogP contribution in [0.1, 0.15) is 59.8 Å². The largest absolute Gasteiger partial charge is 0.507 e. The third-order valence-electron chi connectivity index (χ3n) is 6.88. The summed E-state index contributed by atoms with van der Waals surface area (Å²) in [6.45, 7) is 0.947. The van der Waals surface area contributed by atoms with E-state index in [9.17, 15) is 52.8 Å². The Morgan fingerprint density at radius 1 is 0.875 bits per heavy atom. The molecule has 256 valence electrons. The van der Waals surface area contributed by atoms with E-state index in [0.29, 0.717) is 37.2 Å². The molecule has 0 radical (unpaired) electrons. The number of hydrogen-bond acceptors (Lipinski definition) is 11. The lowest BCUT2D eigenvalue weighted by molar-refractivity contribution is -0.192. The van der Waals surface area contributed by atoms with Crippen molar-refractivity contribution < 1.29 is 72.2 Å². The molecular formula is C31H29F3N2O12. The molecule has 3 aromatic rings. The Balaban J connectivity index is 0.000000804. The molecular weight excluding hydrogens is 649 g/mol. The predicted octanol–water partition coefficient (Wildman–Crippen LogP) is 3.08. The third-order valence-corrected chi connectivity index (χ3v) is 6.88.